The van der Waals surface area contributed by atoms with Crippen molar-refractivity contribution < 1.29 is 4.79 Å². The van der Waals surface area contributed by atoms with Gasteiger partial charge in [0.1, 0.15) is 0 Å². The van der Waals surface area contributed by atoms with Crippen LogP contribution in [0.25, 0.3) is 6.08 Å². The molecule has 3 aromatic rings. The lowest BCUT2D eigenvalue weighted by Crippen LogP contribution is -2.37. The number of hydrogen-bond acceptors (Lipinski definition) is 4. The molecule has 3 rings (SSSR count). The average molecular weight is 424 g/mol. The Kier molecular flexibility index (Phi) is 6.52. The van der Waals surface area contributed by atoms with Crippen molar-refractivity contribution in [2.75, 3.05) is 0 Å². The summed E-state index contributed by atoms with van der Waals surface area (Å²) in [5.74, 6) is 0.110. The van der Waals surface area contributed by atoms with E-state index in [1.54, 1.807) is 18.4 Å². The second-order valence-electron chi connectivity index (χ2n) is 7.45. The van der Waals surface area contributed by atoms with Gasteiger partial charge in [-0.1, -0.05) is 44.2 Å². The predicted molar refractivity (Wildman–Crippen MR) is 121 cm³/mol. The molecule has 1 aromatic carbocycles. The number of thiophene rings is 1. The first-order chi connectivity index (χ1) is 14.3. The zero-order chi connectivity index (χ0) is 21.8. The van der Waals surface area contributed by atoms with E-state index in [1.165, 1.54) is 35.5 Å². The number of rotatable bonds is 6. The highest BCUT2D eigenvalue weighted by Gasteiger charge is 2.17. The van der Waals surface area contributed by atoms with E-state index in [1.807, 2.05) is 29.6 Å². The van der Waals surface area contributed by atoms with Gasteiger partial charge >= 0.3 is 5.69 Å². The van der Waals surface area contributed by atoms with Crippen LogP contribution in [-0.2, 0) is 18.9 Å². The van der Waals surface area contributed by atoms with Crippen LogP contribution in [-0.4, -0.2) is 15.0 Å². The van der Waals surface area contributed by atoms with Gasteiger partial charge in [0.25, 0.3) is 5.56 Å². The van der Waals surface area contributed by atoms with Crippen LogP contribution in [0.3, 0.4) is 0 Å². The summed E-state index contributed by atoms with van der Waals surface area (Å²) in [5.41, 5.74) is 1.64. The number of carbonyl (C=O) groups excluding carboxylic acids is 1. The predicted octanol–water partition coefficient (Wildman–Crippen LogP) is 3.19. The average Bonchev–Trinajstić information content (AvgIpc) is 3.26. The first-order valence-electron chi connectivity index (χ1n) is 9.66. The second-order valence-corrected chi connectivity index (χ2v) is 8.43. The van der Waals surface area contributed by atoms with Crippen molar-refractivity contribution in [2.45, 2.75) is 25.8 Å². The van der Waals surface area contributed by atoms with E-state index in [0.29, 0.717) is 5.92 Å². The molecule has 0 saturated heterocycles. The molecular formula is C23H25N3O3S. The third-order valence-corrected chi connectivity index (χ3v) is 5.88. The highest BCUT2D eigenvalue weighted by molar-refractivity contribution is 7.10. The van der Waals surface area contributed by atoms with Gasteiger partial charge in [0.05, 0.1) is 11.6 Å². The van der Waals surface area contributed by atoms with Gasteiger partial charge in [-0.25, -0.2) is 4.79 Å². The van der Waals surface area contributed by atoms with Crippen molar-refractivity contribution >= 4 is 23.3 Å². The van der Waals surface area contributed by atoms with Crippen LogP contribution in [0.2, 0.25) is 0 Å². The molecule has 0 spiro atoms. The molecule has 1 atom stereocenters. The highest BCUT2D eigenvalue weighted by Crippen LogP contribution is 2.27. The molecule has 2 heterocycles. The van der Waals surface area contributed by atoms with Crippen molar-refractivity contribution in [1.29, 1.82) is 0 Å². The topological polar surface area (TPSA) is 73.1 Å². The number of benzene rings is 1. The number of carbonyl (C=O) groups is 1. The summed E-state index contributed by atoms with van der Waals surface area (Å²) < 4.78 is 2.33. The lowest BCUT2D eigenvalue weighted by Gasteiger charge is -2.18. The van der Waals surface area contributed by atoms with Crippen molar-refractivity contribution in [1.82, 2.24) is 14.5 Å². The number of aromatic nitrogens is 2. The van der Waals surface area contributed by atoms with Gasteiger partial charge in [-0.15, -0.1) is 11.3 Å². The van der Waals surface area contributed by atoms with Crippen LogP contribution in [0.1, 0.15) is 47.4 Å². The normalized spacial score (nSPS) is 12.4. The van der Waals surface area contributed by atoms with Crippen molar-refractivity contribution in [3.63, 3.8) is 0 Å². The Bertz CT molecular complexity index is 1170. The van der Waals surface area contributed by atoms with Crippen LogP contribution in [0, 0.1) is 0 Å². The molecule has 30 heavy (non-hydrogen) atoms. The van der Waals surface area contributed by atoms with E-state index in [9.17, 15) is 14.4 Å². The van der Waals surface area contributed by atoms with E-state index >= 15 is 0 Å². The molecule has 0 bridgehead atoms. The summed E-state index contributed by atoms with van der Waals surface area (Å²) in [7, 11) is 2.97. The zero-order valence-corrected chi connectivity index (χ0v) is 18.3. The van der Waals surface area contributed by atoms with Gasteiger partial charge in [-0.05, 0) is 34.6 Å². The molecule has 7 heteroatoms. The third kappa shape index (κ3) is 4.68. The van der Waals surface area contributed by atoms with Gasteiger partial charge in [-0.2, -0.15) is 0 Å². The summed E-state index contributed by atoms with van der Waals surface area (Å²) in [6.07, 6.45) is 4.19. The largest absolute Gasteiger partial charge is 0.341 e. The molecule has 2 aromatic heterocycles. The maximum absolute atomic E-state index is 12.6. The molecule has 156 valence electrons. The molecule has 1 N–H and O–H groups in total. The lowest BCUT2D eigenvalue weighted by atomic mass is 9.98. The van der Waals surface area contributed by atoms with E-state index in [0.717, 1.165) is 15.0 Å². The molecule has 0 saturated carbocycles. The molecular weight excluding hydrogens is 398 g/mol. The molecule has 0 aliphatic rings. The molecule has 0 aliphatic heterocycles. The Morgan fingerprint density at radius 1 is 1.07 bits per heavy atom. The van der Waals surface area contributed by atoms with E-state index < -0.39 is 11.2 Å². The Morgan fingerprint density at radius 2 is 1.73 bits per heavy atom. The monoisotopic (exact) mass is 423 g/mol. The Labute approximate surface area is 179 Å². The minimum absolute atomic E-state index is 0.267. The lowest BCUT2D eigenvalue weighted by molar-refractivity contribution is -0.116. The number of nitrogens with zero attached hydrogens (tertiary/aromatic N) is 2. The number of hydrogen-bond donors (Lipinski definition) is 1. The Balaban J connectivity index is 1.85. The summed E-state index contributed by atoms with van der Waals surface area (Å²) in [4.78, 5) is 37.7. The van der Waals surface area contributed by atoms with E-state index in [2.05, 4.69) is 31.3 Å². The van der Waals surface area contributed by atoms with Crippen molar-refractivity contribution in [2.24, 2.45) is 14.1 Å². The van der Waals surface area contributed by atoms with Crippen LogP contribution >= 0.6 is 11.3 Å². The summed E-state index contributed by atoms with van der Waals surface area (Å²) >= 11 is 1.57. The van der Waals surface area contributed by atoms with Crippen LogP contribution in [0.4, 0.5) is 0 Å². The van der Waals surface area contributed by atoms with E-state index in [-0.39, 0.29) is 17.5 Å². The molecule has 0 fully saturated rings. The minimum atomic E-state index is -0.443. The first kappa shape index (κ1) is 21.5. The molecule has 1 unspecified atom stereocenters. The smallest absolute Gasteiger partial charge is 0.330 e. The van der Waals surface area contributed by atoms with Crippen molar-refractivity contribution in [3.05, 3.63) is 96.5 Å². The third-order valence-electron chi connectivity index (χ3n) is 4.94. The standard InChI is InChI=1S/C23H25N3O3S/c1-15(2)16-7-9-17(10-8-16)21(19-6-5-13-30-19)24-20(27)12-11-18-14-25(3)23(29)26(4)22(18)28/h5-15,21H,1-4H3,(H,24,27)/b12-11+. The number of aryl methyl sites for hydroxylation is 1. The van der Waals surface area contributed by atoms with E-state index in [4.69, 9.17) is 0 Å². The van der Waals surface area contributed by atoms with Gasteiger partial charge in [0, 0.05) is 31.2 Å². The van der Waals surface area contributed by atoms with Crippen LogP contribution < -0.4 is 16.6 Å². The molecule has 1 amide bonds. The van der Waals surface area contributed by atoms with Gasteiger partial charge < -0.3 is 9.88 Å². The SMILES string of the molecule is CC(C)c1ccc(C(NC(=O)/C=C/c2cn(C)c(=O)n(C)c2=O)c2cccs2)cc1. The Morgan fingerprint density at radius 3 is 2.33 bits per heavy atom. The maximum Gasteiger partial charge on any atom is 0.330 e. The molecule has 0 aliphatic carbocycles. The summed E-state index contributed by atoms with van der Waals surface area (Å²) in [6, 6.07) is 11.9. The van der Waals surface area contributed by atoms with Crippen molar-refractivity contribution in [3.8, 4) is 0 Å². The number of amides is 1. The summed E-state index contributed by atoms with van der Waals surface area (Å²) in [6.45, 7) is 4.28. The highest BCUT2D eigenvalue weighted by atomic mass is 32.1. The van der Waals surface area contributed by atoms with Crippen LogP contribution in [0.5, 0.6) is 0 Å². The van der Waals surface area contributed by atoms with Gasteiger partial charge in [-0.3, -0.25) is 14.2 Å². The second kappa shape index (κ2) is 9.09. The fourth-order valence-corrected chi connectivity index (χ4v) is 3.96. The summed E-state index contributed by atoms with van der Waals surface area (Å²) in [5, 5.41) is 5.00. The minimum Gasteiger partial charge on any atom is -0.341 e. The molecule has 6 nitrogen and oxygen atoms in total. The first-order valence-corrected chi connectivity index (χ1v) is 10.5. The van der Waals surface area contributed by atoms with Gasteiger partial charge in [0.2, 0.25) is 5.91 Å². The fraction of sp³-hybridized carbons (Fsp3) is 0.261. The number of nitrogens with one attached hydrogen (secondary N) is 1. The fourth-order valence-electron chi connectivity index (χ4n) is 3.15. The van der Waals surface area contributed by atoms with Gasteiger partial charge in [0.15, 0.2) is 0 Å². The zero-order valence-electron chi connectivity index (χ0n) is 17.5. The van der Waals surface area contributed by atoms with Crippen LogP contribution in [0.15, 0.2) is 63.6 Å². The maximum atomic E-state index is 12.6. The molecule has 0 radical (unpaired) electrons. The quantitative estimate of drug-likeness (QED) is 0.619. The Hall–Kier alpha value is -3.19.